The molecule has 398 valence electrons. The van der Waals surface area contributed by atoms with E-state index in [-0.39, 0.29) is 89.2 Å². The first-order chi connectivity index (χ1) is 36.1. The standard InChI is InChI=1S/C47H55N19O10/c1-60-14-13-49-37(60)45(73)54-26-15-30(61(2)20-26)41(69)50-12-10-36(67)56-34-23-65(6)38(57-34)44(72)51-11-9-29(48)40(68)52-25-16-32(63(4)19-25)43(71)59-35-24-66(7)39(58-35)46(74)55-27-17-31(62(3)21-27)42(70)53-28-18-33(47(75)76-8)64(5)22-28/h13-24,29H,9-12,48H2,1-8H3,(H,50,69)(H,51,72)(H,52,68)(H,53,70)(H,54,73)(H,55,74)(H,56,67)(H,59,71)/t29-/m0/s1. The molecule has 29 nitrogen and oxygen atoms in total. The van der Waals surface area contributed by atoms with Gasteiger partial charge in [-0.25, -0.2) is 19.7 Å². The molecule has 0 aromatic carbocycles. The second-order valence-corrected chi connectivity index (χ2v) is 17.4. The first-order valence-corrected chi connectivity index (χ1v) is 23.0. The van der Waals surface area contributed by atoms with Crippen LogP contribution in [-0.4, -0.2) is 126 Å². The molecule has 7 aromatic heterocycles. The van der Waals surface area contributed by atoms with Crippen molar-refractivity contribution < 1.29 is 47.9 Å². The van der Waals surface area contributed by atoms with Gasteiger partial charge in [0.25, 0.3) is 35.4 Å². The number of esters is 1. The minimum Gasteiger partial charge on any atom is -0.464 e. The van der Waals surface area contributed by atoms with Gasteiger partial charge in [0.15, 0.2) is 17.5 Å². The topological polar surface area (TPSA) is 358 Å². The van der Waals surface area contributed by atoms with Gasteiger partial charge in [0, 0.05) is 118 Å². The van der Waals surface area contributed by atoms with Crippen LogP contribution in [0.5, 0.6) is 0 Å². The quantitative estimate of drug-likeness (QED) is 0.0479. The summed E-state index contributed by atoms with van der Waals surface area (Å²) in [5, 5.41) is 21.3. The van der Waals surface area contributed by atoms with Crippen molar-refractivity contribution in [2.24, 2.45) is 55.1 Å². The minimum atomic E-state index is -1.08. The van der Waals surface area contributed by atoms with E-state index in [1.807, 2.05) is 0 Å². The van der Waals surface area contributed by atoms with Crippen LogP contribution in [0.4, 0.5) is 34.4 Å². The molecule has 8 amide bonds. The molecule has 0 radical (unpaired) electrons. The second kappa shape index (κ2) is 22.8. The maximum absolute atomic E-state index is 13.3. The SMILES string of the molecule is COC(=O)c1cc(NC(=O)c2cc(NC(=O)c3nc(NC(=O)c4cc(NC(=O)[C@@H](N)CCNC(=O)c5nc(NC(=O)CCNC(=O)c6cc(NC(=O)c7nccn7C)cn6C)cn5C)cn4C)cn3C)cn2C)cn1C. The molecule has 0 spiro atoms. The Bertz CT molecular complexity index is 3410. The molecule has 0 fully saturated rings. The van der Waals surface area contributed by atoms with Crippen LogP contribution in [0.3, 0.4) is 0 Å². The monoisotopic (exact) mass is 1050 g/mol. The first-order valence-electron chi connectivity index (χ1n) is 23.0. The number of imidazole rings is 3. The van der Waals surface area contributed by atoms with Gasteiger partial charge in [-0.3, -0.25) is 38.4 Å². The second-order valence-electron chi connectivity index (χ2n) is 17.4. The summed E-state index contributed by atoms with van der Waals surface area (Å²) in [5.41, 5.74) is 8.23. The average molecular weight is 1050 g/mol. The van der Waals surface area contributed by atoms with E-state index in [0.717, 1.165) is 0 Å². The van der Waals surface area contributed by atoms with Gasteiger partial charge in [0.05, 0.1) is 35.9 Å². The number of nitrogens with one attached hydrogen (secondary N) is 8. The molecule has 7 rings (SSSR count). The fraction of sp³-hybridized carbons (Fsp3) is 0.277. The number of nitrogens with two attached hydrogens (primary N) is 1. The van der Waals surface area contributed by atoms with Crippen LogP contribution in [0.1, 0.15) is 86.7 Å². The average Bonchev–Trinajstić information content (AvgIpc) is 4.26. The number of ether oxygens (including phenoxy) is 1. The van der Waals surface area contributed by atoms with Gasteiger partial charge in [-0.2, -0.15) is 0 Å². The lowest BCUT2D eigenvalue weighted by molar-refractivity contribution is -0.117. The number of rotatable bonds is 20. The smallest absolute Gasteiger partial charge is 0.354 e. The van der Waals surface area contributed by atoms with Gasteiger partial charge in [0.1, 0.15) is 22.8 Å². The summed E-state index contributed by atoms with van der Waals surface area (Å²) in [6.07, 6.45) is 12.0. The molecule has 7 aromatic rings. The van der Waals surface area contributed by atoms with Gasteiger partial charge in [-0.15, -0.1) is 0 Å². The van der Waals surface area contributed by atoms with Crippen molar-refractivity contribution >= 4 is 87.6 Å². The van der Waals surface area contributed by atoms with Crippen molar-refractivity contribution in [3.8, 4) is 0 Å². The number of methoxy groups -OCH3 is 1. The van der Waals surface area contributed by atoms with Gasteiger partial charge in [-0.05, 0) is 30.7 Å². The van der Waals surface area contributed by atoms with Crippen LogP contribution in [0.25, 0.3) is 0 Å². The van der Waals surface area contributed by atoms with Crippen molar-refractivity contribution in [2.45, 2.75) is 18.9 Å². The fourth-order valence-electron chi connectivity index (χ4n) is 7.70. The molecular weight excluding hydrogens is 991 g/mol. The van der Waals surface area contributed by atoms with E-state index in [1.165, 1.54) is 89.8 Å². The van der Waals surface area contributed by atoms with Crippen molar-refractivity contribution in [3.63, 3.8) is 0 Å². The Kier molecular flexibility index (Phi) is 16.1. The predicted molar refractivity (Wildman–Crippen MR) is 274 cm³/mol. The molecule has 0 aliphatic heterocycles. The van der Waals surface area contributed by atoms with E-state index in [2.05, 4.69) is 57.5 Å². The Morgan fingerprint density at radius 1 is 0.500 bits per heavy atom. The summed E-state index contributed by atoms with van der Waals surface area (Å²) in [4.78, 5) is 128. The molecule has 10 N–H and O–H groups in total. The number of carbonyl (C=O) groups excluding carboxylic acids is 9. The number of anilines is 6. The maximum atomic E-state index is 13.3. The summed E-state index contributed by atoms with van der Waals surface area (Å²) >= 11 is 0. The number of aromatic nitrogens is 10. The lowest BCUT2D eigenvalue weighted by Crippen LogP contribution is -2.39. The highest BCUT2D eigenvalue weighted by Crippen LogP contribution is 2.21. The normalized spacial score (nSPS) is 11.3. The zero-order chi connectivity index (χ0) is 55.1. The maximum Gasteiger partial charge on any atom is 0.354 e. The van der Waals surface area contributed by atoms with E-state index in [4.69, 9.17) is 10.5 Å². The van der Waals surface area contributed by atoms with E-state index >= 15 is 0 Å². The van der Waals surface area contributed by atoms with Crippen LogP contribution in [0.2, 0.25) is 0 Å². The zero-order valence-corrected chi connectivity index (χ0v) is 42.5. The molecule has 0 aliphatic rings. The summed E-state index contributed by atoms with van der Waals surface area (Å²) in [6.45, 7) is -0.0467. The van der Waals surface area contributed by atoms with Crippen molar-refractivity contribution in [1.82, 2.24) is 57.6 Å². The van der Waals surface area contributed by atoms with Gasteiger partial charge in [-0.1, -0.05) is 0 Å². The molecule has 0 saturated heterocycles. The molecule has 0 saturated carbocycles. The summed E-state index contributed by atoms with van der Waals surface area (Å²) in [6, 6.07) is 4.76. The Morgan fingerprint density at radius 2 is 0.947 bits per heavy atom. The molecule has 0 unspecified atom stereocenters. The Morgan fingerprint density at radius 3 is 1.49 bits per heavy atom. The summed E-state index contributed by atoms with van der Waals surface area (Å²) < 4.78 is 15.1. The van der Waals surface area contributed by atoms with Crippen LogP contribution in [0.15, 0.2) is 73.8 Å². The van der Waals surface area contributed by atoms with Crippen molar-refractivity contribution in [2.75, 3.05) is 52.1 Å². The number of nitrogens with zero attached hydrogens (tertiary/aromatic N) is 10. The third-order valence-corrected chi connectivity index (χ3v) is 11.6. The first kappa shape index (κ1) is 53.7. The number of aryl methyl sites for hydroxylation is 7. The molecule has 0 aliphatic carbocycles. The van der Waals surface area contributed by atoms with Crippen molar-refractivity contribution in [1.29, 1.82) is 0 Å². The Labute approximate surface area is 432 Å². The van der Waals surface area contributed by atoms with Crippen LogP contribution < -0.4 is 48.3 Å². The van der Waals surface area contributed by atoms with Crippen LogP contribution in [0, 0.1) is 0 Å². The lowest BCUT2D eigenvalue weighted by Gasteiger charge is -2.12. The number of hydrogen-bond acceptors (Lipinski definition) is 14. The molecular formula is C47H55N19O10. The number of carbonyl (C=O) groups is 9. The molecule has 76 heavy (non-hydrogen) atoms. The zero-order valence-electron chi connectivity index (χ0n) is 42.5. The van der Waals surface area contributed by atoms with Gasteiger partial charge in [0.2, 0.25) is 23.5 Å². The molecule has 7 heterocycles. The molecule has 1 atom stereocenters. The van der Waals surface area contributed by atoms with Crippen LogP contribution >= 0.6 is 0 Å². The molecule has 29 heteroatoms. The van der Waals surface area contributed by atoms with Gasteiger partial charge < -0.3 is 85.0 Å². The van der Waals surface area contributed by atoms with E-state index in [1.54, 1.807) is 72.5 Å². The number of amides is 8. The lowest BCUT2D eigenvalue weighted by atomic mass is 10.2. The van der Waals surface area contributed by atoms with Crippen molar-refractivity contribution in [3.05, 3.63) is 114 Å². The van der Waals surface area contributed by atoms with E-state index < -0.39 is 59.3 Å². The highest BCUT2D eigenvalue weighted by molar-refractivity contribution is 6.08. The summed E-state index contributed by atoms with van der Waals surface area (Å²) in [7, 11) is 12.5. The third-order valence-electron chi connectivity index (χ3n) is 11.6. The highest BCUT2D eigenvalue weighted by Gasteiger charge is 2.24. The highest BCUT2D eigenvalue weighted by atomic mass is 16.5. The number of hydrogen-bond donors (Lipinski definition) is 9. The van der Waals surface area contributed by atoms with E-state index in [9.17, 15) is 43.2 Å². The summed E-state index contributed by atoms with van der Waals surface area (Å²) in [5.74, 6) is -4.68. The predicted octanol–water partition coefficient (Wildman–Crippen LogP) is 0.881. The largest absolute Gasteiger partial charge is 0.464 e. The molecule has 0 bridgehead atoms. The minimum absolute atomic E-state index is 0.0202. The third kappa shape index (κ3) is 12.6. The fourth-order valence-corrected chi connectivity index (χ4v) is 7.70. The van der Waals surface area contributed by atoms with Gasteiger partial charge >= 0.3 is 5.97 Å². The van der Waals surface area contributed by atoms with Crippen LogP contribution in [-0.2, 0) is 63.7 Å². The Balaban J connectivity index is 0.825. The van der Waals surface area contributed by atoms with E-state index in [0.29, 0.717) is 11.4 Å². The Hall–Kier alpha value is -10.1.